The number of hydrogen-bond donors (Lipinski definition) is 1. The van der Waals surface area contributed by atoms with Crippen LogP contribution in [0.25, 0.3) is 0 Å². The minimum Gasteiger partial charge on any atom is -0.383 e. The Morgan fingerprint density at radius 3 is 2.67 bits per heavy atom. The second kappa shape index (κ2) is 9.93. The van der Waals surface area contributed by atoms with E-state index in [0.717, 1.165) is 25.5 Å². The predicted molar refractivity (Wildman–Crippen MR) is 99.6 cm³/mol. The van der Waals surface area contributed by atoms with E-state index >= 15 is 0 Å². The lowest BCUT2D eigenvalue weighted by atomic mass is 10.2. The van der Waals surface area contributed by atoms with Gasteiger partial charge in [-0.05, 0) is 25.6 Å². The van der Waals surface area contributed by atoms with Crippen molar-refractivity contribution < 1.29 is 4.74 Å². The highest BCUT2D eigenvalue weighted by molar-refractivity contribution is 5.38. The molecule has 136 valence electrons. The van der Waals surface area contributed by atoms with Crippen LogP contribution >= 0.6 is 0 Å². The van der Waals surface area contributed by atoms with E-state index in [1.165, 1.54) is 31.7 Å². The fraction of sp³-hybridized carbons (Fsp3) is 0.722. The molecule has 1 aliphatic heterocycles. The molecule has 2 heterocycles. The van der Waals surface area contributed by atoms with Crippen molar-refractivity contribution in [2.24, 2.45) is 0 Å². The first-order chi connectivity index (χ1) is 11.6. The highest BCUT2D eigenvalue weighted by Gasteiger charge is 2.15. The normalized spacial score (nSPS) is 17.8. The minimum atomic E-state index is 0.484. The molecule has 0 aliphatic carbocycles. The number of aromatic nitrogens is 1. The Labute approximate surface area is 146 Å². The summed E-state index contributed by atoms with van der Waals surface area (Å²) in [4.78, 5) is 11.6. The van der Waals surface area contributed by atoms with Gasteiger partial charge in [0.05, 0.1) is 6.61 Å². The Hall–Kier alpha value is -1.21. The van der Waals surface area contributed by atoms with Crippen LogP contribution in [-0.2, 0) is 11.3 Å². The number of anilines is 1. The quantitative estimate of drug-likeness (QED) is 0.723. The van der Waals surface area contributed by atoms with Crippen LogP contribution in [0.2, 0.25) is 0 Å². The highest BCUT2D eigenvalue weighted by Crippen LogP contribution is 2.09. The average molecular weight is 335 g/mol. The van der Waals surface area contributed by atoms with Gasteiger partial charge in [0, 0.05) is 72.2 Å². The molecule has 0 aromatic carbocycles. The largest absolute Gasteiger partial charge is 0.383 e. The Morgan fingerprint density at radius 1 is 1.29 bits per heavy atom. The SMILES string of the molecule is COCCN(C)c1ccc(CN[C@@H](C)CN2CCN(C)CC2)cn1. The molecule has 1 fully saturated rings. The number of likely N-dealkylation sites (N-methyl/N-ethyl adjacent to an activating group) is 2. The predicted octanol–water partition coefficient (Wildman–Crippen LogP) is 0.890. The summed E-state index contributed by atoms with van der Waals surface area (Å²) in [7, 11) is 5.96. The first-order valence-electron chi connectivity index (χ1n) is 8.87. The van der Waals surface area contributed by atoms with E-state index in [-0.39, 0.29) is 0 Å². The smallest absolute Gasteiger partial charge is 0.128 e. The van der Waals surface area contributed by atoms with Gasteiger partial charge in [0.2, 0.25) is 0 Å². The number of rotatable bonds is 9. The number of hydrogen-bond acceptors (Lipinski definition) is 6. The van der Waals surface area contributed by atoms with Gasteiger partial charge in [-0.1, -0.05) is 6.07 Å². The maximum Gasteiger partial charge on any atom is 0.128 e. The Balaban J connectivity index is 1.71. The van der Waals surface area contributed by atoms with Gasteiger partial charge in [-0.2, -0.15) is 0 Å². The molecule has 0 unspecified atom stereocenters. The van der Waals surface area contributed by atoms with E-state index in [2.05, 4.69) is 51.1 Å². The van der Waals surface area contributed by atoms with Gasteiger partial charge in [0.15, 0.2) is 0 Å². The molecule has 1 aliphatic rings. The van der Waals surface area contributed by atoms with Crippen molar-refractivity contribution in [2.45, 2.75) is 19.5 Å². The van der Waals surface area contributed by atoms with Crippen molar-refractivity contribution in [1.82, 2.24) is 20.1 Å². The fourth-order valence-electron chi connectivity index (χ4n) is 2.86. The summed E-state index contributed by atoms with van der Waals surface area (Å²) in [5, 5.41) is 3.61. The first-order valence-corrected chi connectivity index (χ1v) is 8.87. The molecule has 1 saturated heterocycles. The summed E-state index contributed by atoms with van der Waals surface area (Å²) in [5.41, 5.74) is 1.23. The monoisotopic (exact) mass is 335 g/mol. The van der Waals surface area contributed by atoms with Crippen molar-refractivity contribution in [3.8, 4) is 0 Å². The standard InChI is InChI=1S/C18H33N5O/c1-16(15-23-9-7-21(2)8-10-23)19-13-17-5-6-18(20-14-17)22(3)11-12-24-4/h5-6,14,16,19H,7-13,15H2,1-4H3/t16-/m0/s1. The van der Waals surface area contributed by atoms with Crippen LogP contribution in [-0.4, -0.2) is 87.9 Å². The Bertz CT molecular complexity index is 459. The van der Waals surface area contributed by atoms with E-state index in [4.69, 9.17) is 4.74 Å². The molecule has 1 aromatic rings. The molecule has 0 radical (unpaired) electrons. The number of piperazine rings is 1. The lowest BCUT2D eigenvalue weighted by Gasteiger charge is -2.34. The summed E-state index contributed by atoms with van der Waals surface area (Å²) < 4.78 is 5.10. The van der Waals surface area contributed by atoms with Crippen molar-refractivity contribution in [3.63, 3.8) is 0 Å². The second-order valence-electron chi connectivity index (χ2n) is 6.82. The van der Waals surface area contributed by atoms with Gasteiger partial charge in [-0.3, -0.25) is 4.90 Å². The van der Waals surface area contributed by atoms with Gasteiger partial charge >= 0.3 is 0 Å². The average Bonchev–Trinajstić information content (AvgIpc) is 2.60. The number of ether oxygens (including phenoxy) is 1. The summed E-state index contributed by atoms with van der Waals surface area (Å²) >= 11 is 0. The minimum absolute atomic E-state index is 0.484. The van der Waals surface area contributed by atoms with Crippen LogP contribution < -0.4 is 10.2 Å². The first kappa shape index (κ1) is 19.1. The third-order valence-corrected chi connectivity index (χ3v) is 4.61. The molecule has 0 bridgehead atoms. The number of pyridine rings is 1. The summed E-state index contributed by atoms with van der Waals surface area (Å²) in [6.45, 7) is 10.5. The van der Waals surface area contributed by atoms with Gasteiger partial charge in [-0.25, -0.2) is 4.98 Å². The van der Waals surface area contributed by atoms with Gasteiger partial charge in [0.1, 0.15) is 5.82 Å². The fourth-order valence-corrected chi connectivity index (χ4v) is 2.86. The number of methoxy groups -OCH3 is 1. The highest BCUT2D eigenvalue weighted by atomic mass is 16.5. The molecular formula is C18H33N5O. The van der Waals surface area contributed by atoms with E-state index in [9.17, 15) is 0 Å². The zero-order valence-corrected chi connectivity index (χ0v) is 15.7. The number of nitrogens with zero attached hydrogens (tertiary/aromatic N) is 4. The Kier molecular flexibility index (Phi) is 7.91. The van der Waals surface area contributed by atoms with Crippen LogP contribution in [0.4, 0.5) is 5.82 Å². The maximum absolute atomic E-state index is 5.10. The Morgan fingerprint density at radius 2 is 2.04 bits per heavy atom. The summed E-state index contributed by atoms with van der Waals surface area (Å²) in [6, 6.07) is 4.72. The van der Waals surface area contributed by atoms with E-state index in [1.54, 1.807) is 7.11 Å². The van der Waals surface area contributed by atoms with Crippen molar-refractivity contribution in [3.05, 3.63) is 23.9 Å². The molecule has 2 rings (SSSR count). The van der Waals surface area contributed by atoms with Crippen molar-refractivity contribution in [1.29, 1.82) is 0 Å². The summed E-state index contributed by atoms with van der Waals surface area (Å²) in [6.07, 6.45) is 1.97. The van der Waals surface area contributed by atoms with E-state index in [0.29, 0.717) is 12.6 Å². The molecule has 0 saturated carbocycles. The molecule has 24 heavy (non-hydrogen) atoms. The molecule has 6 nitrogen and oxygen atoms in total. The van der Waals surface area contributed by atoms with Crippen LogP contribution in [0, 0.1) is 0 Å². The lowest BCUT2D eigenvalue weighted by molar-refractivity contribution is 0.144. The van der Waals surface area contributed by atoms with Gasteiger partial charge in [0.25, 0.3) is 0 Å². The number of nitrogens with one attached hydrogen (secondary N) is 1. The lowest BCUT2D eigenvalue weighted by Crippen LogP contribution is -2.48. The molecule has 1 aromatic heterocycles. The van der Waals surface area contributed by atoms with E-state index < -0.39 is 0 Å². The maximum atomic E-state index is 5.10. The summed E-state index contributed by atoms with van der Waals surface area (Å²) in [5.74, 6) is 0.987. The zero-order chi connectivity index (χ0) is 17.4. The molecule has 1 atom stereocenters. The van der Waals surface area contributed by atoms with Gasteiger partial charge in [-0.15, -0.1) is 0 Å². The molecule has 0 amide bonds. The molecule has 1 N–H and O–H groups in total. The zero-order valence-electron chi connectivity index (χ0n) is 15.7. The molecular weight excluding hydrogens is 302 g/mol. The topological polar surface area (TPSA) is 43.9 Å². The van der Waals surface area contributed by atoms with E-state index in [1.807, 2.05) is 13.2 Å². The molecule has 6 heteroatoms. The van der Waals surface area contributed by atoms with Gasteiger partial charge < -0.3 is 19.9 Å². The van der Waals surface area contributed by atoms with Crippen molar-refractivity contribution in [2.75, 3.05) is 72.0 Å². The van der Waals surface area contributed by atoms with Crippen LogP contribution in [0.5, 0.6) is 0 Å². The van der Waals surface area contributed by atoms with Crippen LogP contribution in [0.1, 0.15) is 12.5 Å². The molecule has 0 spiro atoms. The van der Waals surface area contributed by atoms with Crippen molar-refractivity contribution >= 4 is 5.82 Å². The third-order valence-electron chi connectivity index (χ3n) is 4.61. The third kappa shape index (κ3) is 6.36. The van der Waals surface area contributed by atoms with Crippen LogP contribution in [0.15, 0.2) is 18.3 Å². The van der Waals surface area contributed by atoms with Crippen LogP contribution in [0.3, 0.4) is 0 Å². The second-order valence-corrected chi connectivity index (χ2v) is 6.82.